The highest BCUT2D eigenvalue weighted by Crippen LogP contribution is 2.33. The highest BCUT2D eigenvalue weighted by Gasteiger charge is 2.21. The number of aryl methyl sites for hydroxylation is 3. The zero-order valence-electron chi connectivity index (χ0n) is 23.1. The van der Waals surface area contributed by atoms with Crippen molar-refractivity contribution in [1.82, 2.24) is 24.9 Å². The van der Waals surface area contributed by atoms with Gasteiger partial charge in [-0.15, -0.1) is 10.2 Å². The van der Waals surface area contributed by atoms with Crippen molar-refractivity contribution in [2.75, 3.05) is 13.1 Å². The molecule has 4 aromatic rings. The molecule has 3 heterocycles. The van der Waals surface area contributed by atoms with E-state index in [1.165, 1.54) is 4.68 Å². The molecule has 5 rings (SSSR count). The monoisotopic (exact) mass is 539 g/mol. The maximum absolute atomic E-state index is 13.3. The molecule has 1 aliphatic rings. The lowest BCUT2D eigenvalue weighted by Gasteiger charge is -2.22. The lowest BCUT2D eigenvalue weighted by molar-refractivity contribution is -0.127. The van der Waals surface area contributed by atoms with Crippen LogP contribution in [0.2, 0.25) is 0 Å². The van der Waals surface area contributed by atoms with Crippen LogP contribution < -0.4 is 11.3 Å². The molecule has 40 heavy (non-hydrogen) atoms. The van der Waals surface area contributed by atoms with Gasteiger partial charge in [0.1, 0.15) is 5.84 Å². The van der Waals surface area contributed by atoms with Gasteiger partial charge >= 0.3 is 0 Å². The number of fused-ring (bicyclic) bond motifs is 2. The van der Waals surface area contributed by atoms with Crippen LogP contribution in [-0.4, -0.2) is 49.7 Å². The molecule has 1 amide bonds. The fourth-order valence-corrected chi connectivity index (χ4v) is 4.93. The molecule has 0 unspecified atom stereocenters. The number of rotatable bonds is 9. The van der Waals surface area contributed by atoms with Crippen LogP contribution >= 0.6 is 0 Å². The number of aromatic nitrogens is 4. The Morgan fingerprint density at radius 2 is 1.82 bits per heavy atom. The van der Waals surface area contributed by atoms with Crippen LogP contribution in [0.15, 0.2) is 62.4 Å². The molecular weight excluding hydrogens is 506 g/mol. The number of benzene rings is 2. The van der Waals surface area contributed by atoms with Gasteiger partial charge in [0.2, 0.25) is 17.7 Å². The van der Waals surface area contributed by atoms with E-state index in [-0.39, 0.29) is 11.5 Å². The summed E-state index contributed by atoms with van der Waals surface area (Å²) >= 11 is 0. The molecule has 1 aliphatic heterocycles. The van der Waals surface area contributed by atoms with Gasteiger partial charge in [-0.1, -0.05) is 32.0 Å². The smallest absolute Gasteiger partial charge is 0.274 e. The molecule has 206 valence electrons. The largest absolute Gasteiger partial charge is 0.426 e. The lowest BCUT2D eigenvalue weighted by Crippen LogP contribution is -2.34. The van der Waals surface area contributed by atoms with Crippen molar-refractivity contribution in [1.29, 1.82) is 0 Å². The fraction of sp³-hybridized carbons (Fsp3) is 0.333. The Balaban J connectivity index is 1.42. The van der Waals surface area contributed by atoms with Crippen molar-refractivity contribution in [3.63, 3.8) is 0 Å². The Bertz CT molecular complexity index is 1680. The average Bonchev–Trinajstić information content (AvgIpc) is 3.28. The van der Waals surface area contributed by atoms with Crippen molar-refractivity contribution < 1.29 is 9.21 Å². The molecule has 0 aliphatic carbocycles. The number of hydrogen-bond donors (Lipinski definition) is 1. The van der Waals surface area contributed by atoms with Crippen molar-refractivity contribution in [3.8, 4) is 11.1 Å². The lowest BCUT2D eigenvalue weighted by atomic mass is 9.99. The Kier molecular flexibility index (Phi) is 7.86. The minimum atomic E-state index is -0.179. The van der Waals surface area contributed by atoms with Gasteiger partial charge in [0.15, 0.2) is 0 Å². The minimum absolute atomic E-state index is 0.0127. The van der Waals surface area contributed by atoms with E-state index in [1.54, 1.807) is 13.1 Å². The second-order valence-electron chi connectivity index (χ2n) is 9.96. The van der Waals surface area contributed by atoms with E-state index in [1.807, 2.05) is 47.4 Å². The number of aliphatic imine (C=N–C) groups is 1. The van der Waals surface area contributed by atoms with Crippen molar-refractivity contribution in [3.05, 3.63) is 75.9 Å². The first-order valence-corrected chi connectivity index (χ1v) is 13.6. The number of nitrogens with zero attached hydrogens (tertiary/aromatic N) is 6. The van der Waals surface area contributed by atoms with Crippen molar-refractivity contribution in [2.24, 2.45) is 10.7 Å². The second kappa shape index (κ2) is 11.6. The van der Waals surface area contributed by atoms with E-state index in [9.17, 15) is 9.59 Å². The third kappa shape index (κ3) is 5.70. The molecule has 0 radical (unpaired) electrons. The zero-order chi connectivity index (χ0) is 28.2. The maximum Gasteiger partial charge on any atom is 0.274 e. The molecule has 2 N–H and O–H groups in total. The summed E-state index contributed by atoms with van der Waals surface area (Å²) in [5.41, 5.74) is 10.1. The summed E-state index contributed by atoms with van der Waals surface area (Å²) in [4.78, 5) is 32.8. The first-order chi connectivity index (χ1) is 19.4. The summed E-state index contributed by atoms with van der Waals surface area (Å²) in [7, 11) is 0. The van der Waals surface area contributed by atoms with Crippen LogP contribution in [0, 0.1) is 6.92 Å². The van der Waals surface area contributed by atoms with E-state index in [2.05, 4.69) is 34.1 Å². The molecule has 2 aromatic heterocycles. The first kappa shape index (κ1) is 27.0. The predicted molar refractivity (Wildman–Crippen MR) is 155 cm³/mol. The van der Waals surface area contributed by atoms with Crippen molar-refractivity contribution in [2.45, 2.75) is 53.0 Å². The van der Waals surface area contributed by atoms with Crippen molar-refractivity contribution >= 4 is 34.3 Å². The molecular formula is C30H33N7O3. The Morgan fingerprint density at radius 3 is 2.55 bits per heavy atom. The normalized spacial score (nSPS) is 13.0. The number of hydrogen-bond acceptors (Lipinski definition) is 8. The van der Waals surface area contributed by atoms with Gasteiger partial charge in [-0.3, -0.25) is 9.59 Å². The van der Waals surface area contributed by atoms with Crippen LogP contribution in [0.25, 0.3) is 28.0 Å². The third-order valence-corrected chi connectivity index (χ3v) is 6.84. The SMILES string of the molecule is CCCN(CCC)C(=O)C1=Cc2ccc(-c3ccc4c(=O)n(CCc5nnc(C)o5)ncc4c3)cc2N=C(N)C1. The summed E-state index contributed by atoms with van der Waals surface area (Å²) in [6.45, 7) is 7.64. The molecule has 0 bridgehead atoms. The van der Waals surface area contributed by atoms with E-state index >= 15 is 0 Å². The van der Waals surface area contributed by atoms with Gasteiger partial charge < -0.3 is 15.1 Å². The number of carbonyl (C=O) groups excluding carboxylic acids is 1. The summed E-state index contributed by atoms with van der Waals surface area (Å²) in [5, 5.41) is 13.5. The van der Waals surface area contributed by atoms with Crippen LogP contribution in [0.3, 0.4) is 0 Å². The summed E-state index contributed by atoms with van der Waals surface area (Å²) in [6, 6.07) is 11.6. The number of nitrogens with two attached hydrogens (primary N) is 1. The Morgan fingerprint density at radius 1 is 1.07 bits per heavy atom. The van der Waals surface area contributed by atoms with Crippen LogP contribution in [0.5, 0.6) is 0 Å². The molecule has 0 saturated carbocycles. The minimum Gasteiger partial charge on any atom is -0.426 e. The van der Waals surface area contributed by atoms with Gasteiger partial charge in [0, 0.05) is 49.4 Å². The summed E-state index contributed by atoms with van der Waals surface area (Å²) < 4.78 is 6.81. The van der Waals surface area contributed by atoms with E-state index < -0.39 is 0 Å². The predicted octanol–water partition coefficient (Wildman–Crippen LogP) is 4.42. The fourth-order valence-electron chi connectivity index (χ4n) is 4.93. The molecule has 10 nitrogen and oxygen atoms in total. The zero-order valence-corrected chi connectivity index (χ0v) is 23.1. The molecule has 0 fully saturated rings. The van der Waals surface area contributed by atoms with Gasteiger partial charge in [0.05, 0.1) is 23.8 Å². The second-order valence-corrected chi connectivity index (χ2v) is 9.96. The molecule has 10 heteroatoms. The van der Waals surface area contributed by atoms with Gasteiger partial charge in [-0.2, -0.15) is 5.10 Å². The molecule has 0 saturated heterocycles. The number of carbonyl (C=O) groups is 1. The standard InChI is InChI=1S/C30H33N7O3/c1-4-11-36(12-5-2)29(38)23-15-22-7-6-21(16-26(22)33-27(31)17-23)20-8-9-25-24(14-20)18-32-37(30(25)39)13-10-28-35-34-19(3)40-28/h6-9,14-16,18H,4-5,10-13,17H2,1-3H3,(H2,31,33). The highest BCUT2D eigenvalue weighted by atomic mass is 16.4. The van der Waals surface area contributed by atoms with Gasteiger partial charge in [-0.25, -0.2) is 9.67 Å². The highest BCUT2D eigenvalue weighted by molar-refractivity contribution is 6.05. The van der Waals surface area contributed by atoms with Gasteiger partial charge in [-0.05, 0) is 48.2 Å². The topological polar surface area (TPSA) is 132 Å². The summed E-state index contributed by atoms with van der Waals surface area (Å²) in [6.07, 6.45) is 6.14. The van der Waals surface area contributed by atoms with Gasteiger partial charge in [0.25, 0.3) is 5.56 Å². The van der Waals surface area contributed by atoms with E-state index in [4.69, 9.17) is 10.2 Å². The maximum atomic E-state index is 13.3. The number of amidine groups is 1. The quantitative estimate of drug-likeness (QED) is 0.333. The van der Waals surface area contributed by atoms with Crippen LogP contribution in [0.4, 0.5) is 5.69 Å². The summed E-state index contributed by atoms with van der Waals surface area (Å²) in [5.74, 6) is 1.38. The number of amides is 1. The van der Waals surface area contributed by atoms with E-state index in [0.29, 0.717) is 66.7 Å². The molecule has 2 aromatic carbocycles. The van der Waals surface area contributed by atoms with Crippen LogP contribution in [0.1, 0.15) is 50.5 Å². The Labute approximate surface area is 232 Å². The molecule has 0 spiro atoms. The third-order valence-electron chi connectivity index (χ3n) is 6.84. The van der Waals surface area contributed by atoms with E-state index in [0.717, 1.165) is 34.9 Å². The average molecular weight is 540 g/mol. The van der Waals surface area contributed by atoms with Crippen LogP contribution in [-0.2, 0) is 17.8 Å². The Hall–Kier alpha value is -4.60. The first-order valence-electron chi connectivity index (χ1n) is 13.6. The molecule has 0 atom stereocenters.